The number of alkyl halides is 2. The highest BCUT2D eigenvalue weighted by Gasteiger charge is 2.05. The molecule has 20 heavy (non-hydrogen) atoms. The molecule has 0 atom stereocenters. The summed E-state index contributed by atoms with van der Waals surface area (Å²) in [4.78, 5) is 0.521. The van der Waals surface area contributed by atoms with Crippen molar-refractivity contribution in [1.82, 2.24) is 0 Å². The van der Waals surface area contributed by atoms with Crippen LogP contribution >= 0.6 is 11.8 Å². The molecule has 0 saturated heterocycles. The van der Waals surface area contributed by atoms with Crippen LogP contribution in [0.3, 0.4) is 0 Å². The van der Waals surface area contributed by atoms with E-state index < -0.39 is 5.76 Å². The van der Waals surface area contributed by atoms with Gasteiger partial charge in [-0.3, -0.25) is 0 Å². The molecule has 2 aromatic carbocycles. The molecule has 0 heterocycles. The van der Waals surface area contributed by atoms with E-state index in [9.17, 15) is 13.2 Å². The Morgan fingerprint density at radius 1 is 1.10 bits per heavy atom. The third-order valence-corrected chi connectivity index (χ3v) is 3.60. The number of rotatable bonds is 5. The molecule has 0 aromatic heterocycles. The molecule has 1 nitrogen and oxygen atoms in total. The molecule has 2 aromatic rings. The van der Waals surface area contributed by atoms with Gasteiger partial charge in [-0.25, -0.2) is 4.39 Å². The van der Waals surface area contributed by atoms with Crippen LogP contribution in [0.15, 0.2) is 47.4 Å². The van der Waals surface area contributed by atoms with Crippen LogP contribution in [0.4, 0.5) is 18.9 Å². The number of hydrogen-bond acceptors (Lipinski definition) is 2. The normalized spacial score (nSPS) is 10.8. The summed E-state index contributed by atoms with van der Waals surface area (Å²) in [6, 6.07) is 11.4. The van der Waals surface area contributed by atoms with E-state index >= 15 is 0 Å². The smallest absolute Gasteiger partial charge is 0.288 e. The molecule has 0 aliphatic heterocycles. The molecular formula is C15H14F3NS. The Morgan fingerprint density at radius 2 is 1.80 bits per heavy atom. The largest absolute Gasteiger partial charge is 0.381 e. The van der Waals surface area contributed by atoms with E-state index in [2.05, 4.69) is 5.32 Å². The van der Waals surface area contributed by atoms with Gasteiger partial charge in [0.05, 0.1) is 0 Å². The minimum absolute atomic E-state index is 0.268. The molecule has 1 N–H and O–H groups in total. The van der Waals surface area contributed by atoms with Crippen LogP contribution in [0, 0.1) is 12.7 Å². The first-order chi connectivity index (χ1) is 9.54. The standard InChI is InChI=1S/C15H14F3NS/c1-10-2-3-12(16)8-11(10)9-19-13-4-6-14(7-5-13)20-15(17)18/h2-8,15,19H,9H2,1H3. The van der Waals surface area contributed by atoms with Gasteiger partial charge in [-0.05, 0) is 54.4 Å². The third kappa shape index (κ3) is 4.20. The zero-order valence-electron chi connectivity index (χ0n) is 10.9. The van der Waals surface area contributed by atoms with Gasteiger partial charge < -0.3 is 5.32 Å². The molecule has 0 aliphatic carbocycles. The van der Waals surface area contributed by atoms with Crippen molar-refractivity contribution in [3.8, 4) is 0 Å². The van der Waals surface area contributed by atoms with Crippen molar-refractivity contribution in [2.75, 3.05) is 5.32 Å². The van der Waals surface area contributed by atoms with Crippen molar-refractivity contribution in [1.29, 1.82) is 0 Å². The summed E-state index contributed by atoms with van der Waals surface area (Å²) < 4.78 is 37.5. The monoisotopic (exact) mass is 297 g/mol. The van der Waals surface area contributed by atoms with Crippen LogP contribution < -0.4 is 5.32 Å². The summed E-state index contributed by atoms with van der Waals surface area (Å²) in [5.74, 6) is -2.68. The van der Waals surface area contributed by atoms with Crippen LogP contribution in [-0.4, -0.2) is 5.76 Å². The first-order valence-electron chi connectivity index (χ1n) is 6.08. The Hall–Kier alpha value is -1.62. The number of halogens is 3. The number of thioether (sulfide) groups is 1. The first-order valence-corrected chi connectivity index (χ1v) is 6.96. The fourth-order valence-electron chi connectivity index (χ4n) is 1.78. The quantitative estimate of drug-likeness (QED) is 0.774. The lowest BCUT2D eigenvalue weighted by Crippen LogP contribution is -2.01. The predicted molar refractivity (Wildman–Crippen MR) is 76.8 cm³/mol. The number of nitrogens with one attached hydrogen (secondary N) is 1. The molecule has 0 aliphatic rings. The van der Waals surface area contributed by atoms with Gasteiger partial charge in [-0.2, -0.15) is 8.78 Å². The Balaban J connectivity index is 1.98. The van der Waals surface area contributed by atoms with Crippen LogP contribution in [-0.2, 0) is 6.54 Å². The van der Waals surface area contributed by atoms with E-state index in [0.717, 1.165) is 16.8 Å². The second-order valence-electron chi connectivity index (χ2n) is 4.33. The van der Waals surface area contributed by atoms with Gasteiger partial charge in [-0.15, -0.1) is 0 Å². The Kier molecular flexibility index (Phi) is 4.95. The first kappa shape index (κ1) is 14.8. The summed E-state index contributed by atoms with van der Waals surface area (Å²) in [6.45, 7) is 2.41. The molecule has 0 unspecified atom stereocenters. The zero-order chi connectivity index (χ0) is 14.5. The van der Waals surface area contributed by atoms with E-state index in [1.54, 1.807) is 30.3 Å². The number of hydrogen-bond donors (Lipinski definition) is 1. The Morgan fingerprint density at radius 3 is 2.45 bits per heavy atom. The Labute approximate surface area is 120 Å². The van der Waals surface area contributed by atoms with Crippen LogP contribution in [0.25, 0.3) is 0 Å². The van der Waals surface area contributed by atoms with Gasteiger partial charge in [0.25, 0.3) is 5.76 Å². The van der Waals surface area contributed by atoms with Gasteiger partial charge in [0.15, 0.2) is 0 Å². The molecule has 0 fully saturated rings. The number of benzene rings is 2. The predicted octanol–water partition coefficient (Wildman–Crippen LogP) is 5.06. The average molecular weight is 297 g/mol. The molecule has 0 radical (unpaired) electrons. The van der Waals surface area contributed by atoms with E-state index in [1.807, 2.05) is 6.92 Å². The number of anilines is 1. The average Bonchev–Trinajstić information content (AvgIpc) is 2.41. The highest BCUT2D eigenvalue weighted by molar-refractivity contribution is 7.99. The van der Waals surface area contributed by atoms with Crippen molar-refractivity contribution < 1.29 is 13.2 Å². The van der Waals surface area contributed by atoms with Gasteiger partial charge >= 0.3 is 0 Å². The number of aryl methyl sites for hydroxylation is 1. The lowest BCUT2D eigenvalue weighted by molar-refractivity contribution is 0.252. The molecule has 106 valence electrons. The van der Waals surface area contributed by atoms with Gasteiger partial charge in [-0.1, -0.05) is 17.8 Å². The van der Waals surface area contributed by atoms with E-state index in [1.165, 1.54) is 12.1 Å². The second-order valence-corrected chi connectivity index (χ2v) is 5.39. The molecular weight excluding hydrogens is 283 g/mol. The highest BCUT2D eigenvalue weighted by atomic mass is 32.2. The van der Waals surface area contributed by atoms with Crippen LogP contribution in [0.1, 0.15) is 11.1 Å². The summed E-state index contributed by atoms with van der Waals surface area (Å²) in [5, 5.41) is 3.15. The van der Waals surface area contributed by atoms with Crippen molar-refractivity contribution in [3.63, 3.8) is 0 Å². The summed E-state index contributed by atoms with van der Waals surface area (Å²) in [5.41, 5.74) is 2.69. The topological polar surface area (TPSA) is 12.0 Å². The zero-order valence-corrected chi connectivity index (χ0v) is 11.7. The van der Waals surface area contributed by atoms with Crippen molar-refractivity contribution in [2.24, 2.45) is 0 Å². The fourth-order valence-corrected chi connectivity index (χ4v) is 2.28. The van der Waals surface area contributed by atoms with E-state index in [0.29, 0.717) is 23.2 Å². The SMILES string of the molecule is Cc1ccc(F)cc1CNc1ccc(SC(F)F)cc1. The molecule has 0 spiro atoms. The fraction of sp³-hybridized carbons (Fsp3) is 0.200. The van der Waals surface area contributed by atoms with Crippen molar-refractivity contribution in [2.45, 2.75) is 24.1 Å². The summed E-state index contributed by atoms with van der Waals surface area (Å²) >= 11 is 0.515. The van der Waals surface area contributed by atoms with E-state index in [4.69, 9.17) is 0 Å². The highest BCUT2D eigenvalue weighted by Crippen LogP contribution is 2.26. The molecule has 0 bridgehead atoms. The maximum absolute atomic E-state index is 13.1. The van der Waals surface area contributed by atoms with Gasteiger partial charge in [0, 0.05) is 17.1 Å². The minimum atomic E-state index is -2.41. The third-order valence-electron chi connectivity index (χ3n) is 2.87. The van der Waals surface area contributed by atoms with Gasteiger partial charge in [0.1, 0.15) is 5.82 Å². The molecule has 0 amide bonds. The van der Waals surface area contributed by atoms with Gasteiger partial charge in [0.2, 0.25) is 0 Å². The Bertz CT molecular complexity index is 570. The second kappa shape index (κ2) is 6.70. The van der Waals surface area contributed by atoms with E-state index in [-0.39, 0.29) is 5.82 Å². The molecule has 0 saturated carbocycles. The van der Waals surface area contributed by atoms with Crippen molar-refractivity contribution in [3.05, 3.63) is 59.4 Å². The van der Waals surface area contributed by atoms with Crippen molar-refractivity contribution >= 4 is 17.4 Å². The molecule has 2 rings (SSSR count). The lowest BCUT2D eigenvalue weighted by atomic mass is 10.1. The minimum Gasteiger partial charge on any atom is -0.381 e. The van der Waals surface area contributed by atoms with Crippen LogP contribution in [0.2, 0.25) is 0 Å². The maximum Gasteiger partial charge on any atom is 0.288 e. The summed E-state index contributed by atoms with van der Waals surface area (Å²) in [6.07, 6.45) is 0. The lowest BCUT2D eigenvalue weighted by Gasteiger charge is -2.10. The maximum atomic E-state index is 13.1. The summed E-state index contributed by atoms with van der Waals surface area (Å²) in [7, 11) is 0. The van der Waals surface area contributed by atoms with Crippen LogP contribution in [0.5, 0.6) is 0 Å². The molecule has 5 heteroatoms.